The molecule has 22 heavy (non-hydrogen) atoms. The molecule has 3 heterocycles. The van der Waals surface area contributed by atoms with Gasteiger partial charge in [0.1, 0.15) is 23.1 Å². The highest BCUT2D eigenvalue weighted by atomic mass is 16.3. The lowest BCUT2D eigenvalue weighted by atomic mass is 9.95. The van der Waals surface area contributed by atoms with E-state index in [1.54, 1.807) is 6.20 Å². The van der Waals surface area contributed by atoms with Crippen molar-refractivity contribution in [3.05, 3.63) is 24.3 Å². The van der Waals surface area contributed by atoms with E-state index in [0.29, 0.717) is 11.9 Å². The number of imidazole rings is 1. The van der Waals surface area contributed by atoms with Gasteiger partial charge in [-0.25, -0.2) is 9.97 Å². The zero-order valence-corrected chi connectivity index (χ0v) is 12.4. The Kier molecular flexibility index (Phi) is 3.35. The number of hydrogen-bond acceptors (Lipinski definition) is 4. The van der Waals surface area contributed by atoms with E-state index < -0.39 is 6.10 Å². The number of aliphatic hydroxyl groups excluding tert-OH is 2. The van der Waals surface area contributed by atoms with Gasteiger partial charge in [-0.05, 0) is 18.9 Å². The van der Waals surface area contributed by atoms with Crippen LogP contribution in [-0.4, -0.2) is 36.3 Å². The largest absolute Gasteiger partial charge is 0.393 e. The van der Waals surface area contributed by atoms with E-state index in [2.05, 4.69) is 19.5 Å². The molecule has 0 amide bonds. The monoisotopic (exact) mass is 300 g/mol. The number of H-pyrrole nitrogens is 1. The summed E-state index contributed by atoms with van der Waals surface area (Å²) in [7, 11) is 0. The fraction of sp³-hybridized carbons (Fsp3) is 0.500. The van der Waals surface area contributed by atoms with Crippen molar-refractivity contribution in [3.63, 3.8) is 0 Å². The molecule has 3 aromatic heterocycles. The Labute approximate surface area is 127 Å². The molecule has 1 aliphatic rings. The number of pyridine rings is 1. The molecular formula is C16H20N4O2. The van der Waals surface area contributed by atoms with E-state index in [9.17, 15) is 10.2 Å². The molecule has 0 radical (unpaired) electrons. The van der Waals surface area contributed by atoms with E-state index in [0.717, 1.165) is 34.9 Å². The molecule has 0 spiro atoms. The first-order valence-electron chi connectivity index (χ1n) is 7.92. The summed E-state index contributed by atoms with van der Waals surface area (Å²) in [6, 6.07) is 2.33. The van der Waals surface area contributed by atoms with Gasteiger partial charge in [-0.1, -0.05) is 19.3 Å². The topological polar surface area (TPSA) is 87.0 Å². The van der Waals surface area contributed by atoms with Crippen LogP contribution in [0.1, 0.15) is 50.1 Å². The van der Waals surface area contributed by atoms with Crippen molar-refractivity contribution >= 4 is 22.1 Å². The van der Waals surface area contributed by atoms with Crippen LogP contribution >= 0.6 is 0 Å². The Morgan fingerprint density at radius 2 is 2.14 bits per heavy atom. The zero-order chi connectivity index (χ0) is 15.1. The minimum atomic E-state index is -0.955. The van der Waals surface area contributed by atoms with Crippen molar-refractivity contribution < 1.29 is 10.2 Å². The molecule has 6 nitrogen and oxygen atoms in total. The van der Waals surface area contributed by atoms with Crippen molar-refractivity contribution in [2.75, 3.05) is 6.61 Å². The first-order chi connectivity index (χ1) is 10.8. The van der Waals surface area contributed by atoms with E-state index >= 15 is 0 Å². The molecule has 0 bridgehead atoms. The molecule has 1 fully saturated rings. The molecule has 116 valence electrons. The summed E-state index contributed by atoms with van der Waals surface area (Å²) in [5.74, 6) is 0.555. The average Bonchev–Trinajstić information content (AvgIpc) is 3.18. The molecule has 0 unspecified atom stereocenters. The summed E-state index contributed by atoms with van der Waals surface area (Å²) < 4.78 is 2.15. The predicted molar refractivity (Wildman–Crippen MR) is 83.6 cm³/mol. The maximum atomic E-state index is 10.2. The summed E-state index contributed by atoms with van der Waals surface area (Å²) in [4.78, 5) is 12.1. The predicted octanol–water partition coefficient (Wildman–Crippen LogP) is 2.44. The van der Waals surface area contributed by atoms with Crippen molar-refractivity contribution in [2.24, 2.45) is 0 Å². The SMILES string of the molecule is OC[C@H](O)c1nc2cnc3[nH]ccc3c2n1C1CCCCC1. The van der Waals surface area contributed by atoms with Gasteiger partial charge < -0.3 is 19.8 Å². The fourth-order valence-corrected chi connectivity index (χ4v) is 3.64. The van der Waals surface area contributed by atoms with Crippen molar-refractivity contribution in [2.45, 2.75) is 44.2 Å². The van der Waals surface area contributed by atoms with Crippen molar-refractivity contribution in [1.29, 1.82) is 0 Å². The van der Waals surface area contributed by atoms with Crippen LogP contribution in [0, 0.1) is 0 Å². The third kappa shape index (κ3) is 2.02. The lowest BCUT2D eigenvalue weighted by Gasteiger charge is -2.26. The number of nitrogens with one attached hydrogen (secondary N) is 1. The van der Waals surface area contributed by atoms with E-state index in [-0.39, 0.29) is 6.61 Å². The van der Waals surface area contributed by atoms with Crippen LogP contribution in [0.2, 0.25) is 0 Å². The maximum Gasteiger partial charge on any atom is 0.141 e. The van der Waals surface area contributed by atoms with Crippen LogP contribution in [0.15, 0.2) is 18.5 Å². The second-order valence-electron chi connectivity index (χ2n) is 6.06. The van der Waals surface area contributed by atoms with Gasteiger partial charge in [0.25, 0.3) is 0 Å². The highest BCUT2D eigenvalue weighted by Gasteiger charge is 2.26. The molecule has 1 aliphatic carbocycles. The summed E-state index contributed by atoms with van der Waals surface area (Å²) in [6.45, 7) is -0.320. The van der Waals surface area contributed by atoms with Crippen LogP contribution in [0.3, 0.4) is 0 Å². The van der Waals surface area contributed by atoms with Gasteiger partial charge in [-0.3, -0.25) is 0 Å². The van der Waals surface area contributed by atoms with Gasteiger partial charge in [0, 0.05) is 17.6 Å². The first kappa shape index (κ1) is 13.7. The molecule has 1 saturated carbocycles. The summed E-state index contributed by atoms with van der Waals surface area (Å²) in [6.07, 6.45) is 8.49. The lowest BCUT2D eigenvalue weighted by molar-refractivity contribution is 0.0837. The van der Waals surface area contributed by atoms with Crippen LogP contribution < -0.4 is 0 Å². The van der Waals surface area contributed by atoms with E-state index in [1.165, 1.54) is 19.3 Å². The molecule has 3 N–H and O–H groups in total. The number of nitrogens with zero attached hydrogens (tertiary/aromatic N) is 3. The highest BCUT2D eigenvalue weighted by molar-refractivity contribution is 6.01. The molecule has 0 saturated heterocycles. The maximum absolute atomic E-state index is 10.2. The number of aromatic amines is 1. The Bertz CT molecular complexity index is 801. The lowest BCUT2D eigenvalue weighted by Crippen LogP contribution is -2.19. The molecular weight excluding hydrogens is 280 g/mol. The average molecular weight is 300 g/mol. The van der Waals surface area contributed by atoms with Gasteiger partial charge in [0.05, 0.1) is 18.3 Å². The van der Waals surface area contributed by atoms with Gasteiger partial charge in [0.15, 0.2) is 0 Å². The van der Waals surface area contributed by atoms with Gasteiger partial charge in [0.2, 0.25) is 0 Å². The fourth-order valence-electron chi connectivity index (χ4n) is 3.64. The second-order valence-corrected chi connectivity index (χ2v) is 6.06. The molecule has 3 aromatic rings. The van der Waals surface area contributed by atoms with Gasteiger partial charge in [-0.15, -0.1) is 0 Å². The number of rotatable bonds is 3. The molecule has 6 heteroatoms. The van der Waals surface area contributed by atoms with Crippen LogP contribution in [0.25, 0.3) is 22.1 Å². The number of aliphatic hydroxyl groups is 2. The van der Waals surface area contributed by atoms with Crippen molar-refractivity contribution in [1.82, 2.24) is 19.5 Å². The normalized spacial score (nSPS) is 18.3. The van der Waals surface area contributed by atoms with Crippen LogP contribution in [0.4, 0.5) is 0 Å². The highest BCUT2D eigenvalue weighted by Crippen LogP contribution is 2.36. The molecule has 4 rings (SSSR count). The van der Waals surface area contributed by atoms with Gasteiger partial charge in [-0.2, -0.15) is 0 Å². The summed E-state index contributed by atoms with van der Waals surface area (Å²) >= 11 is 0. The molecule has 1 atom stereocenters. The van der Waals surface area contributed by atoms with Crippen LogP contribution in [-0.2, 0) is 0 Å². The van der Waals surface area contributed by atoms with Crippen LogP contribution in [0.5, 0.6) is 0 Å². The Morgan fingerprint density at radius 1 is 1.32 bits per heavy atom. The number of aromatic nitrogens is 4. The Balaban J connectivity index is 2.00. The van der Waals surface area contributed by atoms with E-state index in [1.807, 2.05) is 12.3 Å². The summed E-state index contributed by atoms with van der Waals surface area (Å²) in [5.41, 5.74) is 2.62. The number of fused-ring (bicyclic) bond motifs is 3. The molecule has 0 aliphatic heterocycles. The van der Waals surface area contributed by atoms with Crippen molar-refractivity contribution in [3.8, 4) is 0 Å². The Hall–Kier alpha value is -1.92. The summed E-state index contributed by atoms with van der Waals surface area (Å²) in [5, 5.41) is 20.6. The minimum absolute atomic E-state index is 0.320. The third-order valence-electron chi connectivity index (χ3n) is 4.67. The quantitative estimate of drug-likeness (QED) is 0.693. The second kappa shape index (κ2) is 5.37. The standard InChI is InChI=1S/C16H20N4O2/c21-9-13(22)16-19-12-8-18-15-11(6-7-17-15)14(12)20(16)10-4-2-1-3-5-10/h6-8,10,13,21-22H,1-5,9H2,(H,17,18)/t13-/m0/s1. The minimum Gasteiger partial charge on any atom is -0.393 e. The third-order valence-corrected chi connectivity index (χ3v) is 4.67. The smallest absolute Gasteiger partial charge is 0.141 e. The number of hydrogen-bond donors (Lipinski definition) is 3. The first-order valence-corrected chi connectivity index (χ1v) is 7.92. The van der Waals surface area contributed by atoms with Gasteiger partial charge >= 0.3 is 0 Å². The zero-order valence-electron chi connectivity index (χ0n) is 12.4. The Morgan fingerprint density at radius 3 is 2.91 bits per heavy atom. The van der Waals surface area contributed by atoms with E-state index in [4.69, 9.17) is 0 Å². The molecule has 0 aromatic carbocycles.